The molecule has 6 heteroatoms. The van der Waals surface area contributed by atoms with Crippen LogP contribution >= 0.6 is 0 Å². The van der Waals surface area contributed by atoms with Crippen LogP contribution in [0.3, 0.4) is 0 Å². The maximum Gasteiger partial charge on any atom is 0.252 e. The third-order valence-corrected chi connectivity index (χ3v) is 25.3. The summed E-state index contributed by atoms with van der Waals surface area (Å²) in [6.07, 6.45) is 0. The minimum atomic E-state index is -0.309. The number of anilines is 6. The van der Waals surface area contributed by atoms with Gasteiger partial charge in [0, 0.05) is 88.7 Å². The van der Waals surface area contributed by atoms with E-state index in [4.69, 9.17) is 4.42 Å². The predicted octanol–water partition coefficient (Wildman–Crippen LogP) is 29.1. The van der Waals surface area contributed by atoms with E-state index in [9.17, 15) is 0 Å². The third kappa shape index (κ3) is 11.9. The summed E-state index contributed by atoms with van der Waals surface area (Å²) in [5.74, 6) is 0. The second-order valence-corrected chi connectivity index (χ2v) is 36.9. The number of fused-ring (bicyclic) bond motifs is 13. The van der Waals surface area contributed by atoms with E-state index in [0.29, 0.717) is 0 Å². The maximum absolute atomic E-state index is 6.60. The summed E-state index contributed by atoms with van der Waals surface area (Å²) in [5, 5.41) is 7.07. The molecule has 19 aromatic rings. The number of para-hydroxylation sites is 3. The lowest BCUT2D eigenvalue weighted by molar-refractivity contribution is 0.590. The number of rotatable bonds is 10. The fourth-order valence-electron chi connectivity index (χ4n) is 19.1. The zero-order valence-electron chi connectivity index (χ0n) is 69.2. The quantitative estimate of drug-likeness (QED) is 0.128. The molecule has 0 N–H and O–H groups in total. The second kappa shape index (κ2) is 27.1. The SMILES string of the molecule is CC(C)(C)c1cc(-c2ccccc2)c(N2c3cc(-c4ccc5oc6ccccc6c5c4)ccc3B3c4ccc(-n5c6ccc(C(C)(C)C)cc6c6cc(C(C)(C)C)ccc65)cc4N(c4c(-c5ccccc5)cc(C(C)(C)C)cc4-c4ccccc4)c4cc(-c5ccc6c(c5)c5ccccc5n6-c5ccccc5)cc2c43)c(-c2ccccc2)c1. The number of furan rings is 1. The number of aromatic nitrogens is 2. The molecule has 0 saturated heterocycles. The highest BCUT2D eigenvalue weighted by molar-refractivity contribution is 7.00. The van der Waals surface area contributed by atoms with Gasteiger partial charge < -0.3 is 23.4 Å². The first-order chi connectivity index (χ1) is 57.1. The zero-order valence-corrected chi connectivity index (χ0v) is 69.2. The summed E-state index contributed by atoms with van der Waals surface area (Å²) in [7, 11) is 0. The smallest absolute Gasteiger partial charge is 0.252 e. The molecule has 5 nitrogen and oxygen atoms in total. The standard InChI is InChI=1S/C112H93BN4O/c1-109(2,3)78-49-55-98-91(63-78)92-64-79(110(4,5)6)50-56-99(92)115(98)83-51-53-95-101(69-83)117(108-88(72-36-22-15-23-37-72)67-81(112(10,11)12)68-89(108)73-38-24-16-25-39-73)103-62-77(75-47-54-97-90(58-75)84-42-28-30-44-96(84)114(97)82-40-26-17-27-41-82)61-102-106(103)113(95)94-52-46-76(74-48-57-105-93(59-74)85-43-29-31-45-104(85)118-105)60-100(94)116(102)107-86(70-32-18-13-19-33-70)65-80(111(7,8)9)66-87(107)71-34-20-14-21-35-71/h13-69H,1-12H3. The van der Waals surface area contributed by atoms with Crippen molar-refractivity contribution in [2.45, 2.75) is 105 Å². The van der Waals surface area contributed by atoms with Crippen LogP contribution in [-0.4, -0.2) is 15.8 Å². The first-order valence-electron chi connectivity index (χ1n) is 41.8. The van der Waals surface area contributed by atoms with E-state index in [1.165, 1.54) is 71.2 Å². The molecular formula is C112H93BN4O. The maximum atomic E-state index is 6.60. The van der Waals surface area contributed by atoms with Crippen LogP contribution in [0.4, 0.5) is 34.1 Å². The summed E-state index contributed by atoms with van der Waals surface area (Å²) in [5.41, 5.74) is 36.9. The molecule has 5 heterocycles. The van der Waals surface area contributed by atoms with Gasteiger partial charge in [0.1, 0.15) is 11.2 Å². The van der Waals surface area contributed by atoms with Gasteiger partial charge in [-0.2, -0.15) is 0 Å². The average Bonchev–Trinajstić information content (AvgIpc) is 0.840. The Bertz CT molecular complexity index is 7070. The Morgan fingerprint density at radius 3 is 1.08 bits per heavy atom. The van der Waals surface area contributed by atoms with Gasteiger partial charge in [0.25, 0.3) is 6.71 Å². The van der Waals surface area contributed by atoms with Crippen molar-refractivity contribution >= 4 is 123 Å². The molecule has 0 aliphatic carbocycles. The molecule has 0 amide bonds. The van der Waals surface area contributed by atoms with Gasteiger partial charge in [0.05, 0.1) is 33.4 Å². The first kappa shape index (κ1) is 72.3. The molecule has 2 aliphatic heterocycles. The molecule has 0 saturated carbocycles. The Labute approximate surface area is 692 Å². The Kier molecular flexibility index (Phi) is 16.6. The molecule has 0 fully saturated rings. The van der Waals surface area contributed by atoms with Crippen molar-refractivity contribution in [1.82, 2.24) is 9.13 Å². The fraction of sp³-hybridized carbons (Fsp3) is 0.143. The molecule has 0 unspecified atom stereocenters. The van der Waals surface area contributed by atoms with Crippen LogP contribution < -0.4 is 26.2 Å². The highest BCUT2D eigenvalue weighted by atomic mass is 16.3. The van der Waals surface area contributed by atoms with Gasteiger partial charge >= 0.3 is 0 Å². The van der Waals surface area contributed by atoms with Gasteiger partial charge in [0.2, 0.25) is 0 Å². The molecule has 0 atom stereocenters. The molecule has 16 aromatic carbocycles. The fourth-order valence-corrected chi connectivity index (χ4v) is 19.1. The van der Waals surface area contributed by atoms with Gasteiger partial charge in [-0.3, -0.25) is 0 Å². The van der Waals surface area contributed by atoms with E-state index in [1.54, 1.807) is 0 Å². The Morgan fingerprint density at radius 1 is 0.229 bits per heavy atom. The second-order valence-electron chi connectivity index (χ2n) is 36.9. The summed E-state index contributed by atoms with van der Waals surface area (Å²) in [4.78, 5) is 5.48. The van der Waals surface area contributed by atoms with Crippen LogP contribution in [0.25, 0.3) is 144 Å². The zero-order chi connectivity index (χ0) is 80.4. The Hall–Kier alpha value is -13.4. The molecule has 0 bridgehead atoms. The lowest BCUT2D eigenvalue weighted by Gasteiger charge is -2.46. The van der Waals surface area contributed by atoms with Crippen molar-refractivity contribution in [1.29, 1.82) is 0 Å². The summed E-state index contributed by atoms with van der Waals surface area (Å²) < 4.78 is 11.6. The third-order valence-electron chi connectivity index (χ3n) is 25.3. The average molecular weight is 1520 g/mol. The molecule has 21 rings (SSSR count). The largest absolute Gasteiger partial charge is 0.456 e. The van der Waals surface area contributed by atoms with Crippen molar-refractivity contribution in [3.8, 4) is 78.1 Å². The van der Waals surface area contributed by atoms with Crippen molar-refractivity contribution in [3.05, 3.63) is 368 Å². The number of hydrogen-bond donors (Lipinski definition) is 0. The highest BCUT2D eigenvalue weighted by Crippen LogP contribution is 2.57. The summed E-state index contributed by atoms with van der Waals surface area (Å²) in [6, 6.07) is 132. The molecular weight excluding hydrogens is 1430 g/mol. The van der Waals surface area contributed by atoms with Crippen LogP contribution in [0.2, 0.25) is 0 Å². The van der Waals surface area contributed by atoms with Crippen LogP contribution in [-0.2, 0) is 21.7 Å². The van der Waals surface area contributed by atoms with Gasteiger partial charge in [0.15, 0.2) is 0 Å². The van der Waals surface area contributed by atoms with Crippen LogP contribution in [0.5, 0.6) is 0 Å². The summed E-state index contributed by atoms with van der Waals surface area (Å²) >= 11 is 0. The van der Waals surface area contributed by atoms with Crippen LogP contribution in [0.1, 0.15) is 105 Å². The predicted molar refractivity (Wildman–Crippen MR) is 504 cm³/mol. The number of benzene rings is 16. The molecule has 2 aliphatic rings. The van der Waals surface area contributed by atoms with Crippen molar-refractivity contribution < 1.29 is 4.42 Å². The van der Waals surface area contributed by atoms with E-state index in [1.807, 2.05) is 0 Å². The molecule has 0 spiro atoms. The van der Waals surface area contributed by atoms with E-state index in [0.717, 1.165) is 145 Å². The topological polar surface area (TPSA) is 29.5 Å². The monoisotopic (exact) mass is 1520 g/mol. The molecule has 3 aromatic heterocycles. The van der Waals surface area contributed by atoms with Gasteiger partial charge in [-0.1, -0.05) is 301 Å². The van der Waals surface area contributed by atoms with Crippen molar-refractivity contribution in [3.63, 3.8) is 0 Å². The lowest BCUT2D eigenvalue weighted by Crippen LogP contribution is -2.61. The van der Waals surface area contributed by atoms with Crippen LogP contribution in [0, 0.1) is 0 Å². The minimum Gasteiger partial charge on any atom is -0.456 e. The highest BCUT2D eigenvalue weighted by Gasteiger charge is 2.47. The number of hydrogen-bond acceptors (Lipinski definition) is 3. The van der Waals surface area contributed by atoms with Crippen molar-refractivity contribution in [2.24, 2.45) is 0 Å². The lowest BCUT2D eigenvalue weighted by atomic mass is 9.33. The molecule has 118 heavy (non-hydrogen) atoms. The summed E-state index contributed by atoms with van der Waals surface area (Å²) in [6.45, 7) is 27.9. The van der Waals surface area contributed by atoms with E-state index in [-0.39, 0.29) is 28.4 Å². The first-order valence-corrected chi connectivity index (χ1v) is 41.8. The van der Waals surface area contributed by atoms with Crippen molar-refractivity contribution in [2.75, 3.05) is 9.80 Å². The van der Waals surface area contributed by atoms with E-state index >= 15 is 0 Å². The molecule has 0 radical (unpaired) electrons. The van der Waals surface area contributed by atoms with E-state index < -0.39 is 0 Å². The van der Waals surface area contributed by atoms with Crippen LogP contribution in [0.15, 0.2) is 350 Å². The minimum absolute atomic E-state index is 0.0824. The van der Waals surface area contributed by atoms with E-state index in [2.05, 4.69) is 448 Å². The van der Waals surface area contributed by atoms with Gasteiger partial charge in [-0.05, 0) is 232 Å². The Morgan fingerprint density at radius 2 is 0.585 bits per heavy atom. The van der Waals surface area contributed by atoms with Gasteiger partial charge in [-0.25, -0.2) is 0 Å². The molecule has 570 valence electrons. The van der Waals surface area contributed by atoms with Gasteiger partial charge in [-0.15, -0.1) is 0 Å². The normalized spacial score (nSPS) is 13.0. The number of nitrogens with zero attached hydrogens (tertiary/aromatic N) is 4. The Balaban J connectivity index is 0.954.